The smallest absolute Gasteiger partial charge is 0.384 e. The molecule has 1 N–H and O–H groups in total. The van der Waals surface area contributed by atoms with Gasteiger partial charge in [-0.25, -0.2) is 32.1 Å². The number of rotatable bonds is 8. The minimum absolute atomic E-state index is 0.0124. The van der Waals surface area contributed by atoms with E-state index < -0.39 is 33.4 Å². The number of nitrogens with one attached hydrogen (secondary N) is 1. The number of nitrogens with zero attached hydrogens (tertiary/aromatic N) is 4. The van der Waals surface area contributed by atoms with E-state index in [-0.39, 0.29) is 48.2 Å². The monoisotopic (exact) mass is 509 g/mol. The lowest BCUT2D eigenvalue weighted by molar-refractivity contribution is -0.140. The van der Waals surface area contributed by atoms with Crippen molar-refractivity contribution in [3.8, 4) is 10.6 Å². The van der Waals surface area contributed by atoms with Gasteiger partial charge in [0.1, 0.15) is 5.69 Å². The second kappa shape index (κ2) is 9.39. The van der Waals surface area contributed by atoms with E-state index in [2.05, 4.69) is 20.3 Å². The summed E-state index contributed by atoms with van der Waals surface area (Å²) in [6.45, 7) is 0.651. The Labute approximate surface area is 192 Å². The molecule has 0 unspecified atom stereocenters. The average molecular weight is 510 g/mol. The molecule has 4 rings (SSSR count). The Bertz CT molecular complexity index is 1100. The van der Waals surface area contributed by atoms with Crippen LogP contribution in [-0.4, -0.2) is 66.3 Å². The first-order chi connectivity index (χ1) is 15.6. The molecule has 2 fully saturated rings. The fourth-order valence-corrected chi connectivity index (χ4v) is 6.22. The number of methoxy groups -OCH3 is 1. The molecule has 8 nitrogen and oxygen atoms in total. The molecule has 0 atom stereocenters. The molecule has 14 heteroatoms. The summed E-state index contributed by atoms with van der Waals surface area (Å²) in [5.74, 6) is -1.10. The molecular weight excluding hydrogens is 486 g/mol. The summed E-state index contributed by atoms with van der Waals surface area (Å²) in [4.78, 5) is 11.3. The summed E-state index contributed by atoms with van der Waals surface area (Å²) in [5, 5.41) is 3.34. The van der Waals surface area contributed by atoms with Gasteiger partial charge >= 0.3 is 6.18 Å². The van der Waals surface area contributed by atoms with E-state index in [0.29, 0.717) is 17.8 Å². The predicted octanol–water partition coefficient (Wildman–Crippen LogP) is 3.49. The number of hydrogen-bond acceptors (Lipinski definition) is 8. The average Bonchev–Trinajstić information content (AvgIpc) is 3.51. The van der Waals surface area contributed by atoms with Crippen molar-refractivity contribution >= 4 is 27.3 Å². The van der Waals surface area contributed by atoms with E-state index in [0.717, 1.165) is 30.4 Å². The second-order valence-electron chi connectivity index (χ2n) is 8.02. The van der Waals surface area contributed by atoms with Gasteiger partial charge in [0.05, 0.1) is 28.4 Å². The molecule has 33 heavy (non-hydrogen) atoms. The van der Waals surface area contributed by atoms with Crippen molar-refractivity contribution in [3.05, 3.63) is 22.7 Å². The fraction of sp³-hybridized carbons (Fsp3) is 0.632. The molecule has 1 aliphatic heterocycles. The third-order valence-electron chi connectivity index (χ3n) is 5.52. The number of sulfonamides is 1. The predicted molar refractivity (Wildman–Crippen MR) is 114 cm³/mol. The van der Waals surface area contributed by atoms with Gasteiger partial charge in [-0.15, -0.1) is 11.3 Å². The van der Waals surface area contributed by atoms with Crippen LogP contribution in [0.4, 0.5) is 23.5 Å². The number of aromatic nitrogens is 3. The maximum Gasteiger partial charge on any atom is 0.434 e. The molecule has 182 valence electrons. The van der Waals surface area contributed by atoms with Crippen LogP contribution in [0.2, 0.25) is 0 Å². The first-order valence-electron chi connectivity index (χ1n) is 10.4. The lowest BCUT2D eigenvalue weighted by Gasteiger charge is -2.31. The number of piperidine rings is 1. The Morgan fingerprint density at radius 3 is 2.52 bits per heavy atom. The lowest BCUT2D eigenvalue weighted by atomic mass is 10.1. The van der Waals surface area contributed by atoms with Crippen LogP contribution in [0.15, 0.2) is 6.20 Å². The molecule has 1 saturated heterocycles. The number of ether oxygens (including phenoxy) is 1. The standard InChI is InChI=1S/C19H23F4N5O3S2/c1-31-8-9-33(29,30)28-6-4-12(5-7-28)25-18-24-10-13(20)14(26-18)15-16(19(21,22)23)27-17(32-15)11-2-3-11/h10-12H,2-9H2,1H3,(H,24,25,26). The van der Waals surface area contributed by atoms with Gasteiger partial charge in [-0.1, -0.05) is 0 Å². The van der Waals surface area contributed by atoms with E-state index >= 15 is 0 Å². The molecule has 0 spiro atoms. The fourth-order valence-electron chi connectivity index (χ4n) is 3.57. The Morgan fingerprint density at radius 1 is 1.21 bits per heavy atom. The zero-order chi connectivity index (χ0) is 23.8. The summed E-state index contributed by atoms with van der Waals surface area (Å²) in [6.07, 6.45) is -1.46. The molecule has 0 bridgehead atoms. The topological polar surface area (TPSA) is 97.3 Å². The van der Waals surface area contributed by atoms with Crippen molar-refractivity contribution in [2.75, 3.05) is 37.9 Å². The lowest BCUT2D eigenvalue weighted by Crippen LogP contribution is -2.43. The zero-order valence-corrected chi connectivity index (χ0v) is 19.4. The van der Waals surface area contributed by atoms with Gasteiger partial charge in [0, 0.05) is 32.2 Å². The Balaban J connectivity index is 1.49. The van der Waals surface area contributed by atoms with Crippen molar-refractivity contribution in [3.63, 3.8) is 0 Å². The van der Waals surface area contributed by atoms with Gasteiger partial charge in [0.25, 0.3) is 0 Å². The maximum atomic E-state index is 14.5. The van der Waals surface area contributed by atoms with E-state index in [9.17, 15) is 26.0 Å². The molecule has 1 saturated carbocycles. The van der Waals surface area contributed by atoms with Crippen molar-refractivity contribution in [2.24, 2.45) is 0 Å². The Morgan fingerprint density at radius 2 is 1.91 bits per heavy atom. The maximum absolute atomic E-state index is 14.5. The molecular formula is C19H23F4N5O3S2. The summed E-state index contributed by atoms with van der Waals surface area (Å²) in [5.41, 5.74) is -1.57. The van der Waals surface area contributed by atoms with Crippen LogP contribution in [0, 0.1) is 5.82 Å². The van der Waals surface area contributed by atoms with Crippen LogP contribution in [-0.2, 0) is 20.9 Å². The highest BCUT2D eigenvalue weighted by Gasteiger charge is 2.41. The normalized spacial score (nSPS) is 18.6. The summed E-state index contributed by atoms with van der Waals surface area (Å²) < 4.78 is 85.9. The van der Waals surface area contributed by atoms with Gasteiger partial charge in [-0.2, -0.15) is 13.2 Å². The van der Waals surface area contributed by atoms with Gasteiger partial charge in [0.2, 0.25) is 16.0 Å². The molecule has 2 aliphatic rings. The summed E-state index contributed by atoms with van der Waals surface area (Å²) >= 11 is 0.816. The second-order valence-corrected chi connectivity index (χ2v) is 11.1. The van der Waals surface area contributed by atoms with Crippen LogP contribution >= 0.6 is 11.3 Å². The van der Waals surface area contributed by atoms with Gasteiger partial charge in [0.15, 0.2) is 11.5 Å². The molecule has 0 aromatic carbocycles. The quantitative estimate of drug-likeness (QED) is 0.544. The van der Waals surface area contributed by atoms with Crippen LogP contribution in [0.25, 0.3) is 10.6 Å². The van der Waals surface area contributed by atoms with E-state index in [4.69, 9.17) is 4.74 Å². The largest absolute Gasteiger partial charge is 0.434 e. The molecule has 2 aromatic rings. The first-order valence-corrected chi connectivity index (χ1v) is 12.8. The number of hydrogen-bond donors (Lipinski definition) is 1. The van der Waals surface area contributed by atoms with E-state index in [1.54, 1.807) is 0 Å². The van der Waals surface area contributed by atoms with E-state index in [1.165, 1.54) is 11.4 Å². The van der Waals surface area contributed by atoms with Gasteiger partial charge in [-0.3, -0.25) is 0 Å². The van der Waals surface area contributed by atoms with E-state index in [1.807, 2.05) is 0 Å². The van der Waals surface area contributed by atoms with Gasteiger partial charge < -0.3 is 10.1 Å². The first kappa shape index (κ1) is 24.2. The van der Waals surface area contributed by atoms with Crippen molar-refractivity contribution in [2.45, 2.75) is 43.8 Å². The minimum atomic E-state index is -4.73. The Kier molecular flexibility index (Phi) is 6.90. The highest BCUT2D eigenvalue weighted by atomic mass is 32.2. The number of thiazole rings is 1. The Hall–Kier alpha value is -1.90. The zero-order valence-electron chi connectivity index (χ0n) is 17.7. The summed E-state index contributed by atoms with van der Waals surface area (Å²) in [6, 6.07) is -0.206. The highest BCUT2D eigenvalue weighted by molar-refractivity contribution is 7.89. The molecule has 3 heterocycles. The minimum Gasteiger partial charge on any atom is -0.384 e. The molecule has 0 amide bonds. The number of anilines is 1. The van der Waals surface area contributed by atoms with Crippen LogP contribution in [0.3, 0.4) is 0 Å². The third-order valence-corrected chi connectivity index (χ3v) is 8.58. The molecule has 0 radical (unpaired) electrons. The van der Waals surface area contributed by atoms with Gasteiger partial charge in [-0.05, 0) is 25.7 Å². The van der Waals surface area contributed by atoms with Crippen molar-refractivity contribution in [1.29, 1.82) is 0 Å². The third kappa shape index (κ3) is 5.61. The van der Waals surface area contributed by atoms with Crippen molar-refractivity contribution in [1.82, 2.24) is 19.3 Å². The molecule has 2 aromatic heterocycles. The van der Waals surface area contributed by atoms with Crippen LogP contribution < -0.4 is 5.32 Å². The van der Waals surface area contributed by atoms with Crippen LogP contribution in [0.5, 0.6) is 0 Å². The SMILES string of the molecule is COCCS(=O)(=O)N1CCC(Nc2ncc(F)c(-c3sc(C4CC4)nc3C(F)(F)F)n2)CC1. The van der Waals surface area contributed by atoms with Crippen molar-refractivity contribution < 1.29 is 30.7 Å². The summed E-state index contributed by atoms with van der Waals surface area (Å²) in [7, 11) is -1.99. The number of alkyl halides is 3. The van der Waals surface area contributed by atoms with Crippen LogP contribution in [0.1, 0.15) is 42.3 Å². The number of halogens is 4. The highest BCUT2D eigenvalue weighted by Crippen LogP contribution is 2.48. The molecule has 1 aliphatic carbocycles.